The summed E-state index contributed by atoms with van der Waals surface area (Å²) in [6.07, 6.45) is 5.87. The minimum absolute atomic E-state index is 0.0181. The van der Waals surface area contributed by atoms with Gasteiger partial charge in [0.1, 0.15) is 22.8 Å². The molecule has 11 heteroatoms. The van der Waals surface area contributed by atoms with E-state index in [0.29, 0.717) is 74.4 Å². The molecule has 1 heterocycles. The molecular weight excluding hydrogens is 580 g/mol. The van der Waals surface area contributed by atoms with Crippen molar-refractivity contribution in [1.82, 2.24) is 10.2 Å². The van der Waals surface area contributed by atoms with Crippen molar-refractivity contribution < 1.29 is 43.5 Å². The van der Waals surface area contributed by atoms with Crippen molar-refractivity contribution in [3.05, 3.63) is 46.5 Å². The van der Waals surface area contributed by atoms with E-state index in [9.17, 15) is 24.6 Å². The molecule has 1 amide bonds. The number of aromatic hydroxyl groups is 2. The van der Waals surface area contributed by atoms with Crippen molar-refractivity contribution in [2.45, 2.75) is 63.9 Å². The molecule has 0 aliphatic carbocycles. The molecule has 11 nitrogen and oxygen atoms in total. The van der Waals surface area contributed by atoms with Gasteiger partial charge in [-0.3, -0.25) is 9.59 Å². The van der Waals surface area contributed by atoms with E-state index >= 15 is 0 Å². The van der Waals surface area contributed by atoms with Gasteiger partial charge in [-0.05, 0) is 76.0 Å². The Balaban J connectivity index is 2.20. The summed E-state index contributed by atoms with van der Waals surface area (Å²) in [6, 6.07) is 4.68. The number of fused-ring (bicyclic) bond motifs is 1. The molecule has 0 fully saturated rings. The van der Waals surface area contributed by atoms with Gasteiger partial charge >= 0.3 is 5.97 Å². The third-order valence-corrected chi connectivity index (χ3v) is 7.76. The number of benzene rings is 2. The fraction of sp³-hybridized carbons (Fsp3) is 0.500. The van der Waals surface area contributed by atoms with E-state index in [0.717, 1.165) is 0 Å². The normalized spacial score (nSPS) is 16.7. The SMILES string of the molecule is COc1cc(C(CC(=O)NCCN(C)C)c2c(O)cc3c(c2O)C(=O)OC(C)CCCC(=O)CCCC=C3)cc(OC)c1OC. The molecule has 3 rings (SSSR count). The predicted octanol–water partition coefficient (Wildman–Crippen LogP) is 4.81. The summed E-state index contributed by atoms with van der Waals surface area (Å²) >= 11 is 0. The average Bonchev–Trinajstić information content (AvgIpc) is 2.98. The molecule has 2 aromatic carbocycles. The molecule has 3 N–H and O–H groups in total. The zero-order valence-electron chi connectivity index (χ0n) is 27.1. The van der Waals surface area contributed by atoms with Crippen LogP contribution in [0.4, 0.5) is 0 Å². The van der Waals surface area contributed by atoms with E-state index in [1.807, 2.05) is 19.0 Å². The maximum atomic E-state index is 13.6. The van der Waals surface area contributed by atoms with Crippen LogP contribution in [-0.2, 0) is 14.3 Å². The molecule has 0 spiro atoms. The van der Waals surface area contributed by atoms with Crippen molar-refractivity contribution in [3.8, 4) is 28.7 Å². The standard InChI is InChI=1S/C34H46N2O9/c1-21-11-10-14-24(37)13-9-7-8-12-22-17-26(38)31(32(40)30(22)34(41)45-21)25(20-29(39)35-15-16-36(2)3)23-18-27(42-4)33(44-6)28(19-23)43-5/h8,12,17-19,21,25,38,40H,7,9-11,13-16,20H2,1-6H3,(H,35,39). The molecule has 45 heavy (non-hydrogen) atoms. The Morgan fingerprint density at radius 3 is 2.33 bits per heavy atom. The highest BCUT2D eigenvalue weighted by Crippen LogP contribution is 2.47. The van der Waals surface area contributed by atoms with Crippen LogP contribution in [0.3, 0.4) is 0 Å². The molecule has 0 saturated heterocycles. The lowest BCUT2D eigenvalue weighted by Crippen LogP contribution is -2.32. The number of Topliss-reactive ketones (excluding diaryl/α,β-unsaturated/α-hetero) is 1. The second kappa shape index (κ2) is 16.7. The highest BCUT2D eigenvalue weighted by molar-refractivity contribution is 5.98. The van der Waals surface area contributed by atoms with Crippen molar-refractivity contribution in [2.75, 3.05) is 48.5 Å². The van der Waals surface area contributed by atoms with Gasteiger partial charge in [-0.25, -0.2) is 4.79 Å². The minimum atomic E-state index is -0.934. The van der Waals surface area contributed by atoms with Crippen LogP contribution in [0.5, 0.6) is 28.7 Å². The van der Waals surface area contributed by atoms with Crippen LogP contribution in [0.1, 0.15) is 84.8 Å². The predicted molar refractivity (Wildman–Crippen MR) is 171 cm³/mol. The lowest BCUT2D eigenvalue weighted by molar-refractivity contribution is -0.121. The number of amides is 1. The first-order chi connectivity index (χ1) is 21.5. The molecule has 0 saturated carbocycles. The summed E-state index contributed by atoms with van der Waals surface area (Å²) in [5, 5.41) is 26.1. The molecule has 0 radical (unpaired) electrons. The van der Waals surface area contributed by atoms with Gasteiger partial charge in [0, 0.05) is 43.8 Å². The second-order valence-electron chi connectivity index (χ2n) is 11.4. The lowest BCUT2D eigenvalue weighted by Gasteiger charge is -2.24. The number of phenolic OH excluding ortho intramolecular Hbond substituents is 2. The van der Waals surface area contributed by atoms with Gasteiger partial charge in [-0.1, -0.05) is 12.2 Å². The zero-order valence-corrected chi connectivity index (χ0v) is 27.1. The molecule has 246 valence electrons. The molecule has 0 aromatic heterocycles. The van der Waals surface area contributed by atoms with Gasteiger partial charge in [0.05, 0.1) is 27.4 Å². The van der Waals surface area contributed by atoms with Crippen molar-refractivity contribution in [1.29, 1.82) is 0 Å². The van der Waals surface area contributed by atoms with Gasteiger partial charge in [-0.2, -0.15) is 0 Å². The molecule has 2 aromatic rings. The van der Waals surface area contributed by atoms with E-state index in [1.165, 1.54) is 27.4 Å². The number of ether oxygens (including phenoxy) is 4. The number of carbonyl (C=O) groups is 3. The molecule has 0 bridgehead atoms. The molecule has 2 atom stereocenters. The van der Waals surface area contributed by atoms with Gasteiger partial charge in [0.2, 0.25) is 11.7 Å². The number of hydrogen-bond donors (Lipinski definition) is 3. The number of rotatable bonds is 10. The van der Waals surface area contributed by atoms with Crippen LogP contribution in [-0.4, -0.2) is 87.4 Å². The fourth-order valence-electron chi connectivity index (χ4n) is 5.38. The summed E-state index contributed by atoms with van der Waals surface area (Å²) in [4.78, 5) is 41.0. The van der Waals surface area contributed by atoms with E-state index in [1.54, 1.807) is 31.2 Å². The smallest absolute Gasteiger partial charge is 0.342 e. The summed E-state index contributed by atoms with van der Waals surface area (Å²) in [5.74, 6) is -1.71. The van der Waals surface area contributed by atoms with E-state index in [4.69, 9.17) is 18.9 Å². The van der Waals surface area contributed by atoms with Crippen LogP contribution >= 0.6 is 0 Å². The van der Waals surface area contributed by atoms with Gasteiger partial charge in [0.25, 0.3) is 0 Å². The zero-order chi connectivity index (χ0) is 33.1. The van der Waals surface area contributed by atoms with Crippen LogP contribution in [0.25, 0.3) is 6.08 Å². The number of hydrogen-bond acceptors (Lipinski definition) is 10. The maximum absolute atomic E-state index is 13.6. The Morgan fingerprint density at radius 2 is 1.71 bits per heavy atom. The number of allylic oxidation sites excluding steroid dienone is 1. The number of cyclic esters (lactones) is 1. The van der Waals surface area contributed by atoms with Gasteiger partial charge in [0.15, 0.2) is 11.5 Å². The van der Waals surface area contributed by atoms with Crippen molar-refractivity contribution in [2.24, 2.45) is 0 Å². The number of esters is 1. The Bertz CT molecular complexity index is 1360. The first-order valence-corrected chi connectivity index (χ1v) is 15.2. The number of nitrogens with zero attached hydrogens (tertiary/aromatic N) is 1. The highest BCUT2D eigenvalue weighted by Gasteiger charge is 2.32. The van der Waals surface area contributed by atoms with Crippen LogP contribution < -0.4 is 19.5 Å². The number of ketones is 1. The topological polar surface area (TPSA) is 144 Å². The number of methoxy groups -OCH3 is 3. The molecule has 1 aliphatic heterocycles. The van der Waals surface area contributed by atoms with Gasteiger partial charge < -0.3 is 39.4 Å². The first-order valence-electron chi connectivity index (χ1n) is 15.2. The Hall–Kier alpha value is -4.25. The Labute approximate surface area is 265 Å². The van der Waals surface area contributed by atoms with Crippen LogP contribution in [0.15, 0.2) is 24.3 Å². The Kier molecular flexibility index (Phi) is 13.1. The van der Waals surface area contributed by atoms with E-state index in [2.05, 4.69) is 5.32 Å². The average molecular weight is 627 g/mol. The third-order valence-electron chi connectivity index (χ3n) is 7.76. The fourth-order valence-corrected chi connectivity index (χ4v) is 5.38. The van der Waals surface area contributed by atoms with Gasteiger partial charge in [-0.15, -0.1) is 0 Å². The summed E-state index contributed by atoms with van der Waals surface area (Å²) in [7, 11) is 8.18. The monoisotopic (exact) mass is 626 g/mol. The van der Waals surface area contributed by atoms with Crippen molar-refractivity contribution >= 4 is 23.7 Å². The van der Waals surface area contributed by atoms with E-state index in [-0.39, 0.29) is 40.6 Å². The van der Waals surface area contributed by atoms with Crippen LogP contribution in [0, 0.1) is 0 Å². The number of nitrogens with one attached hydrogen (secondary N) is 1. The third kappa shape index (κ3) is 9.37. The lowest BCUT2D eigenvalue weighted by atomic mass is 9.84. The number of phenols is 2. The number of likely N-dealkylation sites (N-methyl/N-ethyl adjacent to an activating group) is 1. The minimum Gasteiger partial charge on any atom is -0.507 e. The maximum Gasteiger partial charge on any atom is 0.342 e. The first kappa shape index (κ1) is 35.2. The molecule has 2 unspecified atom stereocenters. The molecular formula is C34H46N2O9. The largest absolute Gasteiger partial charge is 0.507 e. The Morgan fingerprint density at radius 1 is 1.04 bits per heavy atom. The summed E-state index contributed by atoms with van der Waals surface area (Å²) in [5.41, 5.74) is 0.592. The van der Waals surface area contributed by atoms with Crippen molar-refractivity contribution in [3.63, 3.8) is 0 Å². The molecule has 1 aliphatic rings. The summed E-state index contributed by atoms with van der Waals surface area (Å²) < 4.78 is 22.3. The number of carbonyl (C=O) groups excluding carboxylic acids is 3. The highest BCUT2D eigenvalue weighted by atomic mass is 16.5. The van der Waals surface area contributed by atoms with Crippen LogP contribution in [0.2, 0.25) is 0 Å². The second-order valence-corrected chi connectivity index (χ2v) is 11.4. The van der Waals surface area contributed by atoms with E-state index < -0.39 is 23.7 Å². The summed E-state index contributed by atoms with van der Waals surface area (Å²) in [6.45, 7) is 2.73. The quantitative estimate of drug-likeness (QED) is 0.315.